The van der Waals surface area contributed by atoms with Crippen LogP contribution in [-0.4, -0.2) is 22.6 Å². The monoisotopic (exact) mass is 271 g/mol. The van der Waals surface area contributed by atoms with E-state index in [1.54, 1.807) is 0 Å². The van der Waals surface area contributed by atoms with Gasteiger partial charge in [0.2, 0.25) is 0 Å². The number of nitrogens with one attached hydrogen (secondary N) is 1. The molecule has 1 fully saturated rings. The zero-order valence-electron chi connectivity index (χ0n) is 12.7. The molecule has 1 aliphatic heterocycles. The highest BCUT2D eigenvalue weighted by Crippen LogP contribution is 2.22. The van der Waals surface area contributed by atoms with Crippen LogP contribution in [0.4, 0.5) is 0 Å². The summed E-state index contributed by atoms with van der Waals surface area (Å²) in [5, 5.41) is 3.51. The number of piperidine rings is 1. The first kappa shape index (κ1) is 13.6. The highest BCUT2D eigenvalue weighted by molar-refractivity contribution is 5.76. The van der Waals surface area contributed by atoms with Crippen LogP contribution < -0.4 is 5.32 Å². The van der Waals surface area contributed by atoms with Crippen LogP contribution in [0.25, 0.3) is 11.0 Å². The molecule has 0 amide bonds. The van der Waals surface area contributed by atoms with Gasteiger partial charge in [0.1, 0.15) is 5.82 Å². The van der Waals surface area contributed by atoms with Crippen molar-refractivity contribution >= 4 is 11.0 Å². The molecule has 3 heteroatoms. The van der Waals surface area contributed by atoms with E-state index in [2.05, 4.69) is 41.9 Å². The van der Waals surface area contributed by atoms with Gasteiger partial charge in [-0.1, -0.05) is 13.0 Å². The topological polar surface area (TPSA) is 29.9 Å². The Morgan fingerprint density at radius 2 is 2.30 bits per heavy atom. The Balaban J connectivity index is 1.93. The van der Waals surface area contributed by atoms with Crippen molar-refractivity contribution in [2.75, 3.05) is 13.1 Å². The number of benzene rings is 1. The smallest absolute Gasteiger partial charge is 0.110 e. The van der Waals surface area contributed by atoms with Gasteiger partial charge in [0, 0.05) is 13.0 Å². The molecule has 2 aromatic rings. The average Bonchev–Trinajstić information content (AvgIpc) is 2.77. The number of aryl methyl sites for hydroxylation is 2. The fraction of sp³-hybridized carbons (Fsp3) is 0.588. The highest BCUT2D eigenvalue weighted by atomic mass is 15.1. The Morgan fingerprint density at radius 3 is 3.05 bits per heavy atom. The third kappa shape index (κ3) is 2.73. The van der Waals surface area contributed by atoms with Gasteiger partial charge < -0.3 is 9.88 Å². The molecule has 1 saturated heterocycles. The van der Waals surface area contributed by atoms with Gasteiger partial charge in [-0.05, 0) is 62.9 Å². The second-order valence-corrected chi connectivity index (χ2v) is 6.09. The molecule has 1 aliphatic rings. The minimum atomic E-state index is 0.747. The van der Waals surface area contributed by atoms with E-state index in [1.165, 1.54) is 36.3 Å². The second kappa shape index (κ2) is 5.96. The molecule has 0 spiro atoms. The van der Waals surface area contributed by atoms with Crippen molar-refractivity contribution in [3.63, 3.8) is 0 Å². The van der Waals surface area contributed by atoms with E-state index < -0.39 is 0 Å². The lowest BCUT2D eigenvalue weighted by molar-refractivity contribution is 0.366. The van der Waals surface area contributed by atoms with E-state index >= 15 is 0 Å². The van der Waals surface area contributed by atoms with Gasteiger partial charge in [-0.25, -0.2) is 4.98 Å². The Bertz CT molecular complexity index is 579. The van der Waals surface area contributed by atoms with Gasteiger partial charge in [-0.15, -0.1) is 0 Å². The van der Waals surface area contributed by atoms with Crippen LogP contribution in [0.3, 0.4) is 0 Å². The largest absolute Gasteiger partial charge is 0.328 e. The Kier molecular flexibility index (Phi) is 4.06. The van der Waals surface area contributed by atoms with Crippen molar-refractivity contribution in [3.8, 4) is 0 Å². The average molecular weight is 271 g/mol. The highest BCUT2D eigenvalue weighted by Gasteiger charge is 2.18. The van der Waals surface area contributed by atoms with Crippen LogP contribution in [0.1, 0.15) is 37.6 Å². The molecule has 108 valence electrons. The summed E-state index contributed by atoms with van der Waals surface area (Å²) < 4.78 is 2.43. The minimum Gasteiger partial charge on any atom is -0.328 e. The zero-order valence-corrected chi connectivity index (χ0v) is 12.7. The zero-order chi connectivity index (χ0) is 13.9. The van der Waals surface area contributed by atoms with Crippen molar-refractivity contribution in [1.82, 2.24) is 14.9 Å². The lowest BCUT2D eigenvalue weighted by atomic mass is 9.96. The summed E-state index contributed by atoms with van der Waals surface area (Å²) in [6, 6.07) is 6.64. The Morgan fingerprint density at radius 1 is 1.40 bits per heavy atom. The molecule has 0 saturated carbocycles. The van der Waals surface area contributed by atoms with Crippen LogP contribution in [0.5, 0.6) is 0 Å². The van der Waals surface area contributed by atoms with Crippen LogP contribution >= 0.6 is 0 Å². The molecule has 0 aliphatic carbocycles. The molecular weight excluding hydrogens is 246 g/mol. The van der Waals surface area contributed by atoms with Crippen molar-refractivity contribution in [3.05, 3.63) is 29.6 Å². The third-order valence-electron chi connectivity index (χ3n) is 4.30. The van der Waals surface area contributed by atoms with Crippen LogP contribution in [-0.2, 0) is 13.0 Å². The molecule has 2 heterocycles. The summed E-state index contributed by atoms with van der Waals surface area (Å²) in [7, 11) is 0. The molecule has 1 aromatic heterocycles. The van der Waals surface area contributed by atoms with Crippen molar-refractivity contribution in [2.24, 2.45) is 5.92 Å². The predicted molar refractivity (Wildman–Crippen MR) is 84.1 cm³/mol. The summed E-state index contributed by atoms with van der Waals surface area (Å²) in [5.74, 6) is 2.03. The maximum absolute atomic E-state index is 4.92. The number of hydrogen-bond acceptors (Lipinski definition) is 2. The maximum Gasteiger partial charge on any atom is 0.110 e. The van der Waals surface area contributed by atoms with E-state index in [-0.39, 0.29) is 0 Å². The molecule has 3 nitrogen and oxygen atoms in total. The Labute approximate surface area is 121 Å². The van der Waals surface area contributed by atoms with Crippen LogP contribution in [0.2, 0.25) is 0 Å². The molecule has 20 heavy (non-hydrogen) atoms. The second-order valence-electron chi connectivity index (χ2n) is 6.09. The van der Waals surface area contributed by atoms with E-state index in [4.69, 9.17) is 4.98 Å². The summed E-state index contributed by atoms with van der Waals surface area (Å²) in [6.45, 7) is 7.79. The lowest BCUT2D eigenvalue weighted by Gasteiger charge is -2.22. The van der Waals surface area contributed by atoms with Gasteiger partial charge in [0.05, 0.1) is 11.0 Å². The van der Waals surface area contributed by atoms with Crippen LogP contribution in [0, 0.1) is 12.8 Å². The molecule has 3 rings (SSSR count). The van der Waals surface area contributed by atoms with Crippen LogP contribution in [0.15, 0.2) is 18.2 Å². The number of imidazole rings is 1. The number of rotatable bonds is 4. The number of aromatic nitrogens is 2. The molecule has 0 radical (unpaired) electrons. The molecule has 1 atom stereocenters. The molecule has 1 unspecified atom stereocenters. The van der Waals surface area contributed by atoms with Crippen molar-refractivity contribution in [2.45, 2.75) is 46.1 Å². The first-order valence-electron chi connectivity index (χ1n) is 7.94. The fourth-order valence-electron chi connectivity index (χ4n) is 3.28. The first-order chi connectivity index (χ1) is 9.78. The number of fused-ring (bicyclic) bond motifs is 1. The normalized spacial score (nSPS) is 19.6. The summed E-state index contributed by atoms with van der Waals surface area (Å²) in [5.41, 5.74) is 3.76. The fourth-order valence-corrected chi connectivity index (χ4v) is 3.28. The van der Waals surface area contributed by atoms with Crippen molar-refractivity contribution in [1.29, 1.82) is 0 Å². The number of nitrogens with zero attached hydrogens (tertiary/aromatic N) is 2. The molecule has 0 bridgehead atoms. The molecular formula is C17H25N3. The minimum absolute atomic E-state index is 0.747. The predicted octanol–water partition coefficient (Wildman–Crippen LogP) is 3.30. The summed E-state index contributed by atoms with van der Waals surface area (Å²) in [6.07, 6.45) is 4.91. The Hall–Kier alpha value is -1.35. The quantitative estimate of drug-likeness (QED) is 0.924. The molecule has 1 N–H and O–H groups in total. The summed E-state index contributed by atoms with van der Waals surface area (Å²) >= 11 is 0. The lowest BCUT2D eigenvalue weighted by Crippen LogP contribution is -2.31. The van der Waals surface area contributed by atoms with E-state index in [9.17, 15) is 0 Å². The van der Waals surface area contributed by atoms with E-state index in [0.29, 0.717) is 0 Å². The van der Waals surface area contributed by atoms with Gasteiger partial charge in [-0.2, -0.15) is 0 Å². The van der Waals surface area contributed by atoms with E-state index in [1.807, 2.05) is 0 Å². The molecule has 1 aromatic carbocycles. The number of hydrogen-bond donors (Lipinski definition) is 1. The van der Waals surface area contributed by atoms with Gasteiger partial charge in [-0.3, -0.25) is 0 Å². The van der Waals surface area contributed by atoms with E-state index in [0.717, 1.165) is 37.4 Å². The van der Waals surface area contributed by atoms with Gasteiger partial charge >= 0.3 is 0 Å². The first-order valence-corrected chi connectivity index (χ1v) is 7.94. The van der Waals surface area contributed by atoms with Crippen molar-refractivity contribution < 1.29 is 0 Å². The van der Waals surface area contributed by atoms with Gasteiger partial charge in [0.15, 0.2) is 0 Å². The van der Waals surface area contributed by atoms with Gasteiger partial charge in [0.25, 0.3) is 0 Å². The SMILES string of the molecule is CCCn1c(CC2CCCNC2)nc2cc(C)ccc21. The standard InChI is InChI=1S/C17H25N3/c1-3-9-20-16-7-6-13(2)10-15(16)19-17(20)11-14-5-4-8-18-12-14/h6-7,10,14,18H,3-5,8-9,11-12H2,1-2H3. The third-order valence-corrected chi connectivity index (χ3v) is 4.30. The maximum atomic E-state index is 4.92. The summed E-state index contributed by atoms with van der Waals surface area (Å²) in [4.78, 5) is 4.92.